The average Bonchev–Trinajstić information content (AvgIpc) is 2.65. The summed E-state index contributed by atoms with van der Waals surface area (Å²) < 4.78 is 6.35. The Bertz CT molecular complexity index is 338. The Balaban J connectivity index is 3.61. The highest BCUT2D eigenvalue weighted by atomic mass is 16.5. The Morgan fingerprint density at radius 3 is 1.52 bits per heavy atom. The number of hydrogen-bond donors (Lipinski definition) is 4. The van der Waals surface area contributed by atoms with Crippen molar-refractivity contribution in [3.8, 4) is 0 Å². The molecule has 6 heteroatoms. The van der Waals surface area contributed by atoms with Crippen molar-refractivity contribution in [1.82, 2.24) is 0 Å². The van der Waals surface area contributed by atoms with Crippen molar-refractivity contribution >= 4 is 0 Å². The lowest BCUT2D eigenvalue weighted by molar-refractivity contribution is -0.911. The molecule has 0 aromatic heterocycles. The topological polar surface area (TPSA) is 90.2 Å². The van der Waals surface area contributed by atoms with Gasteiger partial charge in [-0.1, -0.05) is 65.2 Å². The van der Waals surface area contributed by atoms with E-state index in [1.807, 2.05) is 7.05 Å². The van der Waals surface area contributed by atoms with E-state index in [1.54, 1.807) is 0 Å². The third-order valence-corrected chi connectivity index (χ3v) is 5.66. The zero-order chi connectivity index (χ0) is 22.0. The summed E-state index contributed by atoms with van der Waals surface area (Å²) in [4.78, 5) is 0. The maximum atomic E-state index is 9.12. The van der Waals surface area contributed by atoms with Gasteiger partial charge in [0.15, 0.2) is 12.6 Å². The Morgan fingerprint density at radius 2 is 1.03 bits per heavy atom. The van der Waals surface area contributed by atoms with Gasteiger partial charge in [0.1, 0.15) is 0 Å². The first-order valence-electron chi connectivity index (χ1n) is 11.9. The van der Waals surface area contributed by atoms with Gasteiger partial charge in [0.05, 0.1) is 33.3 Å². The second kappa shape index (κ2) is 18.5. The lowest BCUT2D eigenvalue weighted by Gasteiger charge is -2.35. The number of aliphatic hydroxyl groups is 4. The Kier molecular flexibility index (Phi) is 18.4. The van der Waals surface area contributed by atoms with Crippen molar-refractivity contribution in [2.45, 2.75) is 103 Å². The molecule has 0 bridgehead atoms. The predicted octanol–water partition coefficient (Wildman–Crippen LogP) is 3.41. The van der Waals surface area contributed by atoms with E-state index in [0.29, 0.717) is 24.2 Å². The van der Waals surface area contributed by atoms with Crippen LogP contribution in [0.4, 0.5) is 0 Å². The van der Waals surface area contributed by atoms with Crippen LogP contribution >= 0.6 is 0 Å². The van der Waals surface area contributed by atoms with E-state index in [-0.39, 0.29) is 12.8 Å². The molecule has 0 aliphatic carbocycles. The standard InChI is InChI=1S/C23H50NO5/c1-21(2)13-10-8-6-4-5-7-9-11-19-29-20-12-16-24(3,17-14-22(25)26)18-15-23(27)28/h21-23,25-28H,4-20H2,1-3H3/q+1. The van der Waals surface area contributed by atoms with Gasteiger partial charge in [-0.3, -0.25) is 0 Å². The molecule has 0 unspecified atom stereocenters. The second-order valence-electron chi connectivity index (χ2n) is 9.31. The number of aliphatic hydroxyl groups excluding tert-OH is 2. The third-order valence-electron chi connectivity index (χ3n) is 5.66. The van der Waals surface area contributed by atoms with Gasteiger partial charge in [0.25, 0.3) is 0 Å². The number of hydrogen-bond acceptors (Lipinski definition) is 5. The fourth-order valence-electron chi connectivity index (χ4n) is 3.66. The van der Waals surface area contributed by atoms with Gasteiger partial charge >= 0.3 is 0 Å². The maximum absolute atomic E-state index is 9.12. The molecule has 0 saturated heterocycles. The average molecular weight is 421 g/mol. The zero-order valence-electron chi connectivity index (χ0n) is 19.4. The molecule has 29 heavy (non-hydrogen) atoms. The minimum atomic E-state index is -1.32. The summed E-state index contributed by atoms with van der Waals surface area (Å²) >= 11 is 0. The largest absolute Gasteiger partial charge is 0.381 e. The molecule has 176 valence electrons. The number of nitrogens with zero attached hydrogens (tertiary/aromatic N) is 1. The molecule has 0 radical (unpaired) electrons. The van der Waals surface area contributed by atoms with Crippen molar-refractivity contribution in [1.29, 1.82) is 0 Å². The highest BCUT2D eigenvalue weighted by Crippen LogP contribution is 2.13. The Labute approximate surface area is 179 Å². The fraction of sp³-hybridized carbons (Fsp3) is 1.00. The maximum Gasteiger partial charge on any atom is 0.156 e. The minimum absolute atomic E-state index is 0.288. The minimum Gasteiger partial charge on any atom is -0.381 e. The lowest BCUT2D eigenvalue weighted by atomic mass is 10.0. The molecule has 6 nitrogen and oxygen atoms in total. The predicted molar refractivity (Wildman–Crippen MR) is 118 cm³/mol. The molecule has 0 spiro atoms. The quantitative estimate of drug-likeness (QED) is 0.130. The molecule has 0 amide bonds. The molecular formula is C23H50NO5+. The molecule has 0 aliphatic rings. The summed E-state index contributed by atoms with van der Waals surface area (Å²) in [6.07, 6.45) is 10.7. The monoisotopic (exact) mass is 420 g/mol. The third kappa shape index (κ3) is 20.8. The van der Waals surface area contributed by atoms with E-state index in [9.17, 15) is 0 Å². The van der Waals surface area contributed by atoms with Crippen molar-refractivity contribution in [3.63, 3.8) is 0 Å². The van der Waals surface area contributed by atoms with E-state index in [4.69, 9.17) is 25.2 Å². The molecule has 0 aromatic rings. The van der Waals surface area contributed by atoms with E-state index in [2.05, 4.69) is 13.8 Å². The van der Waals surface area contributed by atoms with Crippen molar-refractivity contribution in [2.75, 3.05) is 39.9 Å². The van der Waals surface area contributed by atoms with Crippen LogP contribution in [0.3, 0.4) is 0 Å². The van der Waals surface area contributed by atoms with E-state index < -0.39 is 12.6 Å². The van der Waals surface area contributed by atoms with Crippen LogP contribution in [0.2, 0.25) is 0 Å². The lowest BCUT2D eigenvalue weighted by Crippen LogP contribution is -2.48. The van der Waals surface area contributed by atoms with Gasteiger partial charge in [-0.15, -0.1) is 0 Å². The molecule has 0 fully saturated rings. The normalized spacial score (nSPS) is 12.6. The van der Waals surface area contributed by atoms with Crippen molar-refractivity contribution < 1.29 is 29.6 Å². The van der Waals surface area contributed by atoms with Gasteiger partial charge < -0.3 is 29.6 Å². The first-order valence-corrected chi connectivity index (χ1v) is 11.9. The number of unbranched alkanes of at least 4 members (excludes halogenated alkanes) is 7. The van der Waals surface area contributed by atoms with Crippen LogP contribution in [-0.4, -0.2) is 77.4 Å². The van der Waals surface area contributed by atoms with Crippen LogP contribution in [0.15, 0.2) is 0 Å². The molecule has 0 aromatic carbocycles. The molecule has 0 heterocycles. The molecule has 0 aliphatic heterocycles. The van der Waals surface area contributed by atoms with Crippen LogP contribution in [0, 0.1) is 5.92 Å². The van der Waals surface area contributed by atoms with E-state index in [1.165, 1.54) is 51.4 Å². The molecule has 0 saturated carbocycles. The summed E-state index contributed by atoms with van der Waals surface area (Å²) in [5.74, 6) is 0.838. The summed E-state index contributed by atoms with van der Waals surface area (Å²) in [6, 6.07) is 0. The van der Waals surface area contributed by atoms with Crippen LogP contribution in [0.5, 0.6) is 0 Å². The number of rotatable bonds is 21. The van der Waals surface area contributed by atoms with Gasteiger partial charge in [-0.2, -0.15) is 0 Å². The first kappa shape index (κ1) is 28.8. The smallest absolute Gasteiger partial charge is 0.156 e. The summed E-state index contributed by atoms with van der Waals surface area (Å²) in [5, 5.41) is 36.5. The highest BCUT2D eigenvalue weighted by Gasteiger charge is 2.23. The second-order valence-corrected chi connectivity index (χ2v) is 9.31. The molecule has 0 atom stereocenters. The Morgan fingerprint density at radius 1 is 0.586 bits per heavy atom. The SMILES string of the molecule is CC(C)CCCCCCCCCCOCCC[N+](C)(CCC(O)O)CCC(O)O. The molecule has 0 rings (SSSR count). The van der Waals surface area contributed by atoms with Crippen molar-refractivity contribution in [3.05, 3.63) is 0 Å². The van der Waals surface area contributed by atoms with E-state index in [0.717, 1.165) is 31.9 Å². The van der Waals surface area contributed by atoms with Gasteiger partial charge in [0, 0.05) is 25.9 Å². The fourth-order valence-corrected chi connectivity index (χ4v) is 3.66. The summed E-state index contributed by atoms with van der Waals surface area (Å²) in [6.45, 7) is 8.13. The highest BCUT2D eigenvalue weighted by molar-refractivity contribution is 4.50. The summed E-state index contributed by atoms with van der Waals surface area (Å²) in [5.41, 5.74) is 0. The summed E-state index contributed by atoms with van der Waals surface area (Å²) in [7, 11) is 2.02. The van der Waals surface area contributed by atoms with Crippen LogP contribution in [0.1, 0.15) is 90.9 Å². The number of quaternary nitrogens is 1. The van der Waals surface area contributed by atoms with Crippen LogP contribution in [-0.2, 0) is 4.74 Å². The number of ether oxygens (including phenoxy) is 1. The molecular weight excluding hydrogens is 370 g/mol. The van der Waals surface area contributed by atoms with E-state index >= 15 is 0 Å². The first-order chi connectivity index (χ1) is 13.7. The van der Waals surface area contributed by atoms with Crippen LogP contribution in [0.25, 0.3) is 0 Å². The van der Waals surface area contributed by atoms with Crippen molar-refractivity contribution in [2.24, 2.45) is 5.92 Å². The van der Waals surface area contributed by atoms with Gasteiger partial charge in [0.2, 0.25) is 0 Å². The zero-order valence-corrected chi connectivity index (χ0v) is 19.4. The molecule has 4 N–H and O–H groups in total. The van der Waals surface area contributed by atoms with Gasteiger partial charge in [-0.05, 0) is 12.3 Å². The Hall–Kier alpha value is -0.240. The van der Waals surface area contributed by atoms with Crippen LogP contribution < -0.4 is 0 Å². The van der Waals surface area contributed by atoms with Gasteiger partial charge in [-0.25, -0.2) is 0 Å².